The van der Waals surface area contributed by atoms with E-state index in [-0.39, 0.29) is 6.42 Å². The molecular formula is C20H21F3N2O4S. The van der Waals surface area contributed by atoms with Crippen LogP contribution in [0.3, 0.4) is 0 Å². The quantitative estimate of drug-likeness (QED) is 0.719. The molecule has 0 unspecified atom stereocenters. The molecule has 1 amide bonds. The highest BCUT2D eigenvalue weighted by Gasteiger charge is 2.57. The van der Waals surface area contributed by atoms with Gasteiger partial charge < -0.3 is 5.11 Å². The van der Waals surface area contributed by atoms with Gasteiger partial charge in [-0.1, -0.05) is 36.4 Å². The van der Waals surface area contributed by atoms with E-state index in [1.54, 1.807) is 30.3 Å². The predicted octanol–water partition coefficient (Wildman–Crippen LogP) is 3.34. The number of carboxylic acid groups (broad SMARTS) is 1. The minimum atomic E-state index is -4.00. The maximum atomic E-state index is 14.6. The minimum absolute atomic E-state index is 0.137. The van der Waals surface area contributed by atoms with Crippen molar-refractivity contribution in [3.05, 3.63) is 59.9 Å². The predicted molar refractivity (Wildman–Crippen MR) is 105 cm³/mol. The first kappa shape index (κ1) is 22.1. The van der Waals surface area contributed by atoms with Gasteiger partial charge in [0.05, 0.1) is 18.3 Å². The summed E-state index contributed by atoms with van der Waals surface area (Å²) in [5.74, 6) is -4.40. The summed E-state index contributed by atoms with van der Waals surface area (Å²) >= 11 is 0. The summed E-state index contributed by atoms with van der Waals surface area (Å²) in [5.41, 5.74) is 1.72. The van der Waals surface area contributed by atoms with Crippen LogP contribution in [0.1, 0.15) is 12.5 Å². The molecule has 0 bridgehead atoms. The van der Waals surface area contributed by atoms with Gasteiger partial charge >= 0.3 is 6.09 Å². The van der Waals surface area contributed by atoms with E-state index >= 15 is 0 Å². The number of amides is 1. The zero-order valence-electron chi connectivity index (χ0n) is 16.1. The van der Waals surface area contributed by atoms with E-state index < -0.39 is 52.2 Å². The summed E-state index contributed by atoms with van der Waals surface area (Å²) in [5, 5.41) is 9.40. The molecule has 162 valence electrons. The first-order valence-electron chi connectivity index (χ1n) is 9.24. The van der Waals surface area contributed by atoms with Crippen molar-refractivity contribution >= 4 is 16.1 Å². The fourth-order valence-corrected chi connectivity index (χ4v) is 4.45. The third-order valence-corrected chi connectivity index (χ3v) is 6.46. The Hall–Kier alpha value is -2.59. The van der Waals surface area contributed by atoms with E-state index in [0.29, 0.717) is 21.6 Å². The molecule has 1 fully saturated rings. The Balaban J connectivity index is 1.95. The van der Waals surface area contributed by atoms with Gasteiger partial charge in [0.15, 0.2) is 0 Å². The number of likely N-dealkylation sites (tertiary alicyclic amines) is 1. The number of benzene rings is 2. The lowest BCUT2D eigenvalue weighted by atomic mass is 9.96. The molecule has 1 saturated heterocycles. The SMILES string of the molecule is CCS(=O)(=O)N[C@@H]1[C@H](Cc2cccc(-c3cccc(F)c3)c2)N(C(=O)O)CC1(F)F. The average molecular weight is 442 g/mol. The lowest BCUT2D eigenvalue weighted by molar-refractivity contribution is -0.00562. The smallest absolute Gasteiger partial charge is 0.407 e. The van der Waals surface area contributed by atoms with Crippen molar-refractivity contribution in [3.8, 4) is 11.1 Å². The molecule has 0 saturated carbocycles. The monoisotopic (exact) mass is 442 g/mol. The van der Waals surface area contributed by atoms with E-state index in [1.807, 2.05) is 4.72 Å². The van der Waals surface area contributed by atoms with Gasteiger partial charge in [0, 0.05) is 0 Å². The molecule has 30 heavy (non-hydrogen) atoms. The Bertz CT molecular complexity index is 1050. The van der Waals surface area contributed by atoms with Crippen molar-refractivity contribution in [1.82, 2.24) is 9.62 Å². The Labute approximate surface area is 172 Å². The Morgan fingerprint density at radius 1 is 1.20 bits per heavy atom. The number of rotatable bonds is 6. The molecule has 0 aromatic heterocycles. The fourth-order valence-electron chi connectivity index (χ4n) is 3.57. The summed E-state index contributed by atoms with van der Waals surface area (Å²) in [6, 6.07) is 9.30. The average Bonchev–Trinajstić information content (AvgIpc) is 2.92. The van der Waals surface area contributed by atoms with Crippen LogP contribution in [0.4, 0.5) is 18.0 Å². The highest BCUT2D eigenvalue weighted by atomic mass is 32.2. The van der Waals surface area contributed by atoms with Crippen molar-refractivity contribution < 1.29 is 31.5 Å². The van der Waals surface area contributed by atoms with Gasteiger partial charge in [0.2, 0.25) is 10.0 Å². The zero-order chi connectivity index (χ0) is 22.1. The Morgan fingerprint density at radius 2 is 1.83 bits per heavy atom. The Kier molecular flexibility index (Phi) is 6.09. The number of nitrogens with zero attached hydrogens (tertiary/aromatic N) is 1. The van der Waals surface area contributed by atoms with Crippen LogP contribution >= 0.6 is 0 Å². The van der Waals surface area contributed by atoms with Gasteiger partial charge in [0.1, 0.15) is 11.9 Å². The fraction of sp³-hybridized carbons (Fsp3) is 0.350. The molecule has 2 aromatic carbocycles. The highest BCUT2D eigenvalue weighted by Crippen LogP contribution is 2.35. The third kappa shape index (κ3) is 4.76. The summed E-state index contributed by atoms with van der Waals surface area (Å²) in [6.07, 6.45) is -1.69. The topological polar surface area (TPSA) is 86.7 Å². The number of hydrogen-bond donors (Lipinski definition) is 2. The standard InChI is InChI=1S/C20H21F3N2O4S/c1-2-30(28,29)24-18-17(25(19(26)27)12-20(18,22)23)10-13-5-3-6-14(9-13)15-7-4-8-16(21)11-15/h3-9,11,17-18,24H,2,10,12H2,1H3,(H,26,27)/t17-,18+/m0/s1. The second-order valence-electron chi connectivity index (χ2n) is 7.15. The van der Waals surface area contributed by atoms with Crippen molar-refractivity contribution in [2.45, 2.75) is 31.4 Å². The second-order valence-corrected chi connectivity index (χ2v) is 9.20. The van der Waals surface area contributed by atoms with Crippen LogP contribution < -0.4 is 4.72 Å². The number of alkyl halides is 2. The summed E-state index contributed by atoms with van der Waals surface area (Å²) < 4.78 is 68.5. The molecule has 10 heteroatoms. The largest absolute Gasteiger partial charge is 0.465 e. The second kappa shape index (κ2) is 8.27. The molecule has 3 rings (SSSR count). The van der Waals surface area contributed by atoms with Gasteiger partial charge in [-0.15, -0.1) is 0 Å². The maximum Gasteiger partial charge on any atom is 0.407 e. The molecular weight excluding hydrogens is 421 g/mol. The summed E-state index contributed by atoms with van der Waals surface area (Å²) in [4.78, 5) is 12.1. The van der Waals surface area contributed by atoms with Crippen LogP contribution in [0.5, 0.6) is 0 Å². The van der Waals surface area contributed by atoms with Crippen molar-refractivity contribution in [2.75, 3.05) is 12.3 Å². The van der Waals surface area contributed by atoms with Gasteiger partial charge in [-0.3, -0.25) is 4.90 Å². The summed E-state index contributed by atoms with van der Waals surface area (Å²) in [6.45, 7) is 0.204. The molecule has 0 aliphatic carbocycles. The van der Waals surface area contributed by atoms with Gasteiger partial charge in [-0.25, -0.2) is 31.1 Å². The molecule has 2 N–H and O–H groups in total. The van der Waals surface area contributed by atoms with Crippen LogP contribution in [0.25, 0.3) is 11.1 Å². The third-order valence-electron chi connectivity index (χ3n) is 5.08. The number of nitrogens with one attached hydrogen (secondary N) is 1. The van der Waals surface area contributed by atoms with Crippen molar-refractivity contribution in [3.63, 3.8) is 0 Å². The number of sulfonamides is 1. The minimum Gasteiger partial charge on any atom is -0.465 e. The molecule has 2 aromatic rings. The van der Waals surface area contributed by atoms with Crippen LogP contribution in [0.2, 0.25) is 0 Å². The van der Waals surface area contributed by atoms with Gasteiger partial charge in [-0.05, 0) is 42.2 Å². The van der Waals surface area contributed by atoms with E-state index in [2.05, 4.69) is 0 Å². The van der Waals surface area contributed by atoms with Gasteiger partial charge in [0.25, 0.3) is 5.92 Å². The van der Waals surface area contributed by atoms with E-state index in [0.717, 1.165) is 0 Å². The van der Waals surface area contributed by atoms with Crippen LogP contribution in [0.15, 0.2) is 48.5 Å². The van der Waals surface area contributed by atoms with E-state index in [9.17, 15) is 31.5 Å². The molecule has 1 aliphatic rings. The van der Waals surface area contributed by atoms with Crippen LogP contribution in [0, 0.1) is 5.82 Å². The van der Waals surface area contributed by atoms with Crippen molar-refractivity contribution in [1.29, 1.82) is 0 Å². The summed E-state index contributed by atoms with van der Waals surface area (Å²) in [7, 11) is -4.00. The molecule has 1 aliphatic heterocycles. The number of carbonyl (C=O) groups is 1. The number of hydrogen-bond acceptors (Lipinski definition) is 3. The van der Waals surface area contributed by atoms with E-state index in [4.69, 9.17) is 0 Å². The van der Waals surface area contributed by atoms with Crippen LogP contribution in [-0.4, -0.2) is 54.8 Å². The maximum absolute atomic E-state index is 14.6. The molecule has 0 spiro atoms. The molecule has 2 atom stereocenters. The first-order valence-corrected chi connectivity index (χ1v) is 10.9. The molecule has 0 radical (unpaired) electrons. The van der Waals surface area contributed by atoms with Crippen LogP contribution in [-0.2, 0) is 16.4 Å². The molecule has 6 nitrogen and oxygen atoms in total. The first-order chi connectivity index (χ1) is 14.0. The van der Waals surface area contributed by atoms with E-state index in [1.165, 1.54) is 25.1 Å². The van der Waals surface area contributed by atoms with Gasteiger partial charge in [-0.2, -0.15) is 0 Å². The lowest BCUT2D eigenvalue weighted by Gasteiger charge is -2.27. The normalized spacial score (nSPS) is 21.0. The zero-order valence-corrected chi connectivity index (χ0v) is 16.9. The number of halogens is 3. The highest BCUT2D eigenvalue weighted by molar-refractivity contribution is 7.89. The molecule has 1 heterocycles. The lowest BCUT2D eigenvalue weighted by Crippen LogP contribution is -2.52. The van der Waals surface area contributed by atoms with Crippen molar-refractivity contribution in [2.24, 2.45) is 0 Å². The Morgan fingerprint density at radius 3 is 2.43 bits per heavy atom.